The molecular formula is C81H138O5. The third-order valence-corrected chi connectivity index (χ3v) is 15.9. The average Bonchev–Trinajstić information content (AvgIpc) is 3.55. The first-order chi connectivity index (χ1) is 42.6. The molecule has 0 aliphatic carbocycles. The standard InChI is InChI=1S/C81H138O5/c1-3-5-7-9-11-13-15-17-19-21-23-25-27-29-31-33-35-37-38-39-40-41-42-44-46-48-50-52-54-56-58-60-62-64-66-68-70-72-74-76-81(84)86-79(77-82)78-85-80(83)75-73-71-69-67-65-63-61-59-57-55-53-51-49-47-45-43-36-34-32-30-28-26-24-22-20-18-16-14-12-10-8-6-4-2/h5,7,11,13,16-19,22-25,29,31,35,37,39-40,42,44,48,50,79,82H,3-4,6,8-10,12,14-15,20-21,26-28,30,32-34,36,38,41,43,45-47,49,51-78H2,1-2H3/b7-5-,13-11-,18-16-,19-17-,24-22-,25-23-,31-29-,37-35-,40-39-,44-42-,50-48-. The molecule has 0 aromatic rings. The summed E-state index contributed by atoms with van der Waals surface area (Å²) in [5.41, 5.74) is 0. The second kappa shape index (κ2) is 75.3. The van der Waals surface area contributed by atoms with Crippen molar-refractivity contribution in [1.82, 2.24) is 0 Å². The van der Waals surface area contributed by atoms with Crippen LogP contribution in [0.2, 0.25) is 0 Å². The van der Waals surface area contributed by atoms with Crippen LogP contribution in [0.5, 0.6) is 0 Å². The molecule has 0 saturated heterocycles. The Balaban J connectivity index is 3.49. The lowest BCUT2D eigenvalue weighted by molar-refractivity contribution is -0.161. The van der Waals surface area contributed by atoms with E-state index < -0.39 is 6.10 Å². The van der Waals surface area contributed by atoms with E-state index in [1.165, 1.54) is 218 Å². The third-order valence-electron chi connectivity index (χ3n) is 15.9. The van der Waals surface area contributed by atoms with Crippen molar-refractivity contribution in [1.29, 1.82) is 0 Å². The molecule has 0 spiro atoms. The molecule has 5 nitrogen and oxygen atoms in total. The summed E-state index contributed by atoms with van der Waals surface area (Å²) in [7, 11) is 0. The molecule has 5 heteroatoms. The van der Waals surface area contributed by atoms with Gasteiger partial charge < -0.3 is 14.6 Å². The van der Waals surface area contributed by atoms with Gasteiger partial charge in [-0.1, -0.05) is 353 Å². The summed E-state index contributed by atoms with van der Waals surface area (Å²) in [5.74, 6) is -0.586. The molecule has 0 bridgehead atoms. The lowest BCUT2D eigenvalue weighted by atomic mass is 10.0. The predicted octanol–water partition coefficient (Wildman–Crippen LogP) is 25.9. The van der Waals surface area contributed by atoms with Crippen LogP contribution in [0.25, 0.3) is 0 Å². The number of hydrogen-bond donors (Lipinski definition) is 1. The van der Waals surface area contributed by atoms with E-state index in [9.17, 15) is 14.7 Å². The van der Waals surface area contributed by atoms with Crippen molar-refractivity contribution in [3.05, 3.63) is 134 Å². The van der Waals surface area contributed by atoms with Gasteiger partial charge in [0.1, 0.15) is 6.61 Å². The Kier molecular flexibility index (Phi) is 71.8. The fourth-order valence-electron chi connectivity index (χ4n) is 10.5. The fraction of sp³-hybridized carbons (Fsp3) is 0.704. The smallest absolute Gasteiger partial charge is 0.306 e. The van der Waals surface area contributed by atoms with Crippen LogP contribution in [0.4, 0.5) is 0 Å². The average molecular weight is 1190 g/mol. The Morgan fingerprint density at radius 3 is 0.756 bits per heavy atom. The molecule has 0 fully saturated rings. The molecule has 0 radical (unpaired) electrons. The van der Waals surface area contributed by atoms with Crippen LogP contribution >= 0.6 is 0 Å². The Morgan fingerprint density at radius 1 is 0.279 bits per heavy atom. The Morgan fingerprint density at radius 2 is 0.500 bits per heavy atom. The molecule has 1 atom stereocenters. The molecule has 0 amide bonds. The lowest BCUT2D eigenvalue weighted by Crippen LogP contribution is -2.28. The van der Waals surface area contributed by atoms with E-state index in [2.05, 4.69) is 148 Å². The fourth-order valence-corrected chi connectivity index (χ4v) is 10.5. The molecule has 0 aliphatic rings. The van der Waals surface area contributed by atoms with Crippen LogP contribution in [0.15, 0.2) is 134 Å². The normalized spacial score (nSPS) is 13.0. The predicted molar refractivity (Wildman–Crippen MR) is 380 cm³/mol. The molecule has 1 unspecified atom stereocenters. The van der Waals surface area contributed by atoms with Crippen molar-refractivity contribution in [2.75, 3.05) is 13.2 Å². The van der Waals surface area contributed by atoms with Gasteiger partial charge in [0.15, 0.2) is 6.10 Å². The van der Waals surface area contributed by atoms with Gasteiger partial charge in [0.25, 0.3) is 0 Å². The van der Waals surface area contributed by atoms with E-state index in [1.54, 1.807) is 0 Å². The van der Waals surface area contributed by atoms with Crippen molar-refractivity contribution in [2.24, 2.45) is 0 Å². The maximum atomic E-state index is 12.4. The van der Waals surface area contributed by atoms with Crippen LogP contribution in [-0.4, -0.2) is 36.4 Å². The van der Waals surface area contributed by atoms with Crippen LogP contribution in [0.3, 0.4) is 0 Å². The van der Waals surface area contributed by atoms with Crippen molar-refractivity contribution in [3.8, 4) is 0 Å². The second-order valence-electron chi connectivity index (χ2n) is 24.3. The van der Waals surface area contributed by atoms with Crippen LogP contribution in [-0.2, 0) is 19.1 Å². The third kappa shape index (κ3) is 72.5. The molecule has 0 rings (SSSR count). The molecule has 492 valence electrons. The van der Waals surface area contributed by atoms with E-state index in [1.807, 2.05) is 0 Å². The SMILES string of the molecule is CC/C=C\C/C=C\C/C=C\C/C=C\C/C=C\C/C=C\C/C=C\C/C=C\C/C=C\CCCCCCCCCCCCCC(=O)OC(CO)COC(=O)CCCCCCCCCCCCCCCCCCCCCCC/C=C\C/C=C\CCCCCCC. The molecule has 0 heterocycles. The number of ether oxygens (including phenoxy) is 2. The van der Waals surface area contributed by atoms with Gasteiger partial charge in [0.2, 0.25) is 0 Å². The number of aliphatic hydroxyl groups is 1. The highest BCUT2D eigenvalue weighted by Gasteiger charge is 2.16. The zero-order chi connectivity index (χ0) is 61.9. The Bertz CT molecular complexity index is 1730. The van der Waals surface area contributed by atoms with Gasteiger partial charge in [-0.25, -0.2) is 0 Å². The summed E-state index contributed by atoms with van der Waals surface area (Å²) < 4.78 is 10.8. The van der Waals surface area contributed by atoms with Crippen molar-refractivity contribution >= 4 is 11.9 Å². The van der Waals surface area contributed by atoms with Crippen LogP contribution in [0, 0.1) is 0 Å². The summed E-state index contributed by atoms with van der Waals surface area (Å²) in [6.07, 6.45) is 112. The topological polar surface area (TPSA) is 72.8 Å². The minimum atomic E-state index is -0.782. The summed E-state index contributed by atoms with van der Waals surface area (Å²) in [6, 6.07) is 0. The van der Waals surface area contributed by atoms with Gasteiger partial charge >= 0.3 is 11.9 Å². The molecule has 86 heavy (non-hydrogen) atoms. The highest BCUT2D eigenvalue weighted by atomic mass is 16.6. The highest BCUT2D eigenvalue weighted by molar-refractivity contribution is 5.70. The van der Waals surface area contributed by atoms with Gasteiger partial charge in [0, 0.05) is 12.8 Å². The number of aliphatic hydroxyl groups excluding tert-OH is 1. The maximum Gasteiger partial charge on any atom is 0.306 e. The summed E-state index contributed by atoms with van der Waals surface area (Å²) >= 11 is 0. The first-order valence-corrected chi connectivity index (χ1v) is 36.7. The number of carbonyl (C=O) groups excluding carboxylic acids is 2. The molecule has 0 aromatic heterocycles. The van der Waals surface area contributed by atoms with E-state index >= 15 is 0 Å². The molecular weight excluding hydrogens is 1050 g/mol. The monoisotopic (exact) mass is 1190 g/mol. The molecule has 0 aromatic carbocycles. The Labute approximate surface area is 534 Å². The largest absolute Gasteiger partial charge is 0.462 e. The molecule has 0 saturated carbocycles. The first kappa shape index (κ1) is 82.0. The highest BCUT2D eigenvalue weighted by Crippen LogP contribution is 2.18. The zero-order valence-corrected chi connectivity index (χ0v) is 56.5. The van der Waals surface area contributed by atoms with Crippen molar-refractivity contribution in [2.45, 2.75) is 354 Å². The summed E-state index contributed by atoms with van der Waals surface area (Å²) in [6.45, 7) is 4.04. The lowest BCUT2D eigenvalue weighted by Gasteiger charge is -2.15. The quantitative estimate of drug-likeness (QED) is 0.0373. The second-order valence-corrected chi connectivity index (χ2v) is 24.3. The zero-order valence-electron chi connectivity index (χ0n) is 56.5. The van der Waals surface area contributed by atoms with Crippen molar-refractivity contribution in [3.63, 3.8) is 0 Å². The number of unbranched alkanes of at least 4 members (excludes halogenated alkanes) is 37. The van der Waals surface area contributed by atoms with Gasteiger partial charge in [-0.05, 0) is 116 Å². The number of rotatable bonds is 67. The van der Waals surface area contributed by atoms with Crippen molar-refractivity contribution < 1.29 is 24.2 Å². The van der Waals surface area contributed by atoms with Gasteiger partial charge in [-0.15, -0.1) is 0 Å². The first-order valence-electron chi connectivity index (χ1n) is 36.7. The number of allylic oxidation sites excluding steroid dienone is 22. The number of hydrogen-bond acceptors (Lipinski definition) is 5. The maximum absolute atomic E-state index is 12.4. The van der Waals surface area contributed by atoms with Gasteiger partial charge in [-0.3, -0.25) is 9.59 Å². The molecule has 1 N–H and O–H groups in total. The van der Waals surface area contributed by atoms with Gasteiger partial charge in [-0.2, -0.15) is 0 Å². The van der Waals surface area contributed by atoms with Crippen LogP contribution < -0.4 is 0 Å². The van der Waals surface area contributed by atoms with Gasteiger partial charge in [0.05, 0.1) is 6.61 Å². The van der Waals surface area contributed by atoms with E-state index in [0.29, 0.717) is 12.8 Å². The minimum absolute atomic E-state index is 0.0695. The van der Waals surface area contributed by atoms with E-state index in [0.717, 1.165) is 103 Å². The van der Waals surface area contributed by atoms with E-state index in [-0.39, 0.29) is 25.2 Å². The molecule has 0 aliphatic heterocycles. The number of carbonyl (C=O) groups is 2. The minimum Gasteiger partial charge on any atom is -0.462 e. The van der Waals surface area contributed by atoms with Crippen LogP contribution in [0.1, 0.15) is 348 Å². The summed E-state index contributed by atoms with van der Waals surface area (Å²) in [5, 5.41) is 9.71. The summed E-state index contributed by atoms with van der Waals surface area (Å²) in [4.78, 5) is 24.7. The number of esters is 2. The Hall–Kier alpha value is -3.96. The van der Waals surface area contributed by atoms with E-state index in [4.69, 9.17) is 9.47 Å².